The fourth-order valence-corrected chi connectivity index (χ4v) is 3.61. The van der Waals surface area contributed by atoms with Gasteiger partial charge in [0.1, 0.15) is 11.9 Å². The van der Waals surface area contributed by atoms with Crippen LogP contribution in [0.2, 0.25) is 0 Å². The highest BCUT2D eigenvalue weighted by molar-refractivity contribution is 7.12. The molecule has 0 bridgehead atoms. The predicted molar refractivity (Wildman–Crippen MR) is 86.9 cm³/mol. The maximum atomic E-state index is 13.5. The number of hydrogen-bond acceptors (Lipinski definition) is 4. The van der Waals surface area contributed by atoms with Crippen molar-refractivity contribution in [3.05, 3.63) is 57.5 Å². The zero-order chi connectivity index (χ0) is 16.4. The van der Waals surface area contributed by atoms with Crippen LogP contribution in [-0.2, 0) is 11.3 Å². The number of thiophene rings is 1. The van der Waals surface area contributed by atoms with E-state index in [0.717, 1.165) is 5.56 Å². The van der Waals surface area contributed by atoms with Gasteiger partial charge in [-0.15, -0.1) is 11.3 Å². The van der Waals surface area contributed by atoms with E-state index in [1.54, 1.807) is 19.1 Å². The van der Waals surface area contributed by atoms with Gasteiger partial charge < -0.3 is 5.32 Å². The highest BCUT2D eigenvalue weighted by Crippen LogP contribution is 2.27. The molecule has 1 N–H and O–H groups in total. The minimum atomic E-state index is -0.514. The first-order chi connectivity index (χ1) is 11.0. The molecule has 1 saturated heterocycles. The number of benzene rings is 1. The molecule has 23 heavy (non-hydrogen) atoms. The van der Waals surface area contributed by atoms with E-state index in [2.05, 4.69) is 5.32 Å². The molecule has 1 aliphatic rings. The Bertz CT molecular complexity index is 744. The van der Waals surface area contributed by atoms with E-state index in [-0.39, 0.29) is 17.5 Å². The molecule has 1 aliphatic heterocycles. The number of amides is 1. The normalized spacial score (nSPS) is 18.7. The second kappa shape index (κ2) is 6.60. The molecular weight excluding hydrogens is 315 g/mol. The van der Waals surface area contributed by atoms with Crippen molar-refractivity contribution in [3.8, 4) is 0 Å². The van der Waals surface area contributed by atoms with Crippen LogP contribution < -0.4 is 5.32 Å². The molecule has 120 valence electrons. The van der Waals surface area contributed by atoms with Crippen molar-refractivity contribution >= 4 is 23.0 Å². The number of ketones is 1. The number of piperazine rings is 1. The van der Waals surface area contributed by atoms with Gasteiger partial charge in [0, 0.05) is 19.6 Å². The van der Waals surface area contributed by atoms with E-state index in [9.17, 15) is 14.0 Å². The Morgan fingerprint density at radius 3 is 2.96 bits per heavy atom. The zero-order valence-corrected chi connectivity index (χ0v) is 13.5. The largest absolute Gasteiger partial charge is 0.353 e. The van der Waals surface area contributed by atoms with Gasteiger partial charge in [0.25, 0.3) is 0 Å². The summed E-state index contributed by atoms with van der Waals surface area (Å²) in [6.45, 7) is 3.34. The molecule has 1 aromatic heterocycles. The summed E-state index contributed by atoms with van der Waals surface area (Å²) in [4.78, 5) is 26.4. The van der Waals surface area contributed by atoms with E-state index < -0.39 is 6.04 Å². The first kappa shape index (κ1) is 15.8. The molecule has 0 radical (unpaired) electrons. The number of hydrogen-bond donors (Lipinski definition) is 1. The van der Waals surface area contributed by atoms with Crippen LogP contribution in [0, 0.1) is 5.82 Å². The van der Waals surface area contributed by atoms with Gasteiger partial charge in [-0.2, -0.15) is 0 Å². The number of Topliss-reactive ketones (excluding diaryl/α,β-unsaturated/α-hetero) is 1. The zero-order valence-electron chi connectivity index (χ0n) is 12.7. The first-order valence-corrected chi connectivity index (χ1v) is 8.28. The van der Waals surface area contributed by atoms with Crippen LogP contribution in [-0.4, -0.2) is 29.7 Å². The summed E-state index contributed by atoms with van der Waals surface area (Å²) < 4.78 is 13.5. The first-order valence-electron chi connectivity index (χ1n) is 7.40. The summed E-state index contributed by atoms with van der Waals surface area (Å²) >= 11 is 1.41. The van der Waals surface area contributed by atoms with E-state index >= 15 is 0 Å². The van der Waals surface area contributed by atoms with E-state index in [4.69, 9.17) is 0 Å². The lowest BCUT2D eigenvalue weighted by Crippen LogP contribution is -2.49. The molecule has 4 nitrogen and oxygen atoms in total. The fourth-order valence-electron chi connectivity index (χ4n) is 2.80. The number of carbonyl (C=O) groups excluding carboxylic acids is 2. The third-order valence-corrected chi connectivity index (χ3v) is 4.94. The average Bonchev–Trinajstić information content (AvgIpc) is 2.96. The summed E-state index contributed by atoms with van der Waals surface area (Å²) in [6, 6.07) is 7.50. The average molecular weight is 332 g/mol. The topological polar surface area (TPSA) is 49.4 Å². The summed E-state index contributed by atoms with van der Waals surface area (Å²) in [5.74, 6) is -0.432. The van der Waals surface area contributed by atoms with Crippen molar-refractivity contribution in [1.29, 1.82) is 0 Å². The lowest BCUT2D eigenvalue weighted by Gasteiger charge is -2.35. The number of nitrogens with one attached hydrogen (secondary N) is 1. The number of rotatable bonds is 4. The van der Waals surface area contributed by atoms with E-state index in [1.165, 1.54) is 23.5 Å². The third-order valence-electron chi connectivity index (χ3n) is 3.86. The van der Waals surface area contributed by atoms with Crippen molar-refractivity contribution in [2.75, 3.05) is 13.1 Å². The second-order valence-corrected chi connectivity index (χ2v) is 6.51. The summed E-state index contributed by atoms with van der Waals surface area (Å²) in [5.41, 5.74) is 1.64. The molecule has 1 atom stereocenters. The molecule has 0 saturated carbocycles. The maximum Gasteiger partial charge on any atom is 0.242 e. The van der Waals surface area contributed by atoms with Gasteiger partial charge in [0.2, 0.25) is 5.91 Å². The van der Waals surface area contributed by atoms with Crippen molar-refractivity contribution in [3.63, 3.8) is 0 Å². The standard InChI is InChI=1S/C17H17FN2O2S/c1-11(21)15-7-12(10-23-15)9-20-6-5-19-17(22)16(20)13-3-2-4-14(18)8-13/h2-4,7-8,10,16H,5-6,9H2,1H3,(H,19,22)/t16-/m1/s1. The molecule has 2 heterocycles. The molecule has 2 aromatic rings. The Kier molecular flexibility index (Phi) is 4.54. The van der Waals surface area contributed by atoms with Gasteiger partial charge in [-0.05, 0) is 41.6 Å². The van der Waals surface area contributed by atoms with Gasteiger partial charge >= 0.3 is 0 Å². The third kappa shape index (κ3) is 3.48. The minimum Gasteiger partial charge on any atom is -0.353 e. The Morgan fingerprint density at radius 1 is 1.43 bits per heavy atom. The predicted octanol–water partition coefficient (Wildman–Crippen LogP) is 2.76. The monoisotopic (exact) mass is 332 g/mol. The van der Waals surface area contributed by atoms with Gasteiger partial charge in [-0.25, -0.2) is 4.39 Å². The van der Waals surface area contributed by atoms with Gasteiger partial charge in [-0.3, -0.25) is 14.5 Å². The van der Waals surface area contributed by atoms with Crippen LogP contribution in [0.25, 0.3) is 0 Å². The van der Waals surface area contributed by atoms with Crippen molar-refractivity contribution < 1.29 is 14.0 Å². The van der Waals surface area contributed by atoms with E-state index in [1.807, 2.05) is 16.3 Å². The van der Waals surface area contributed by atoms with Gasteiger partial charge in [0.15, 0.2) is 5.78 Å². The second-order valence-electron chi connectivity index (χ2n) is 5.59. The lowest BCUT2D eigenvalue weighted by atomic mass is 10.0. The maximum absolute atomic E-state index is 13.5. The Labute approximate surface area is 137 Å². The van der Waals surface area contributed by atoms with Crippen LogP contribution in [0.3, 0.4) is 0 Å². The van der Waals surface area contributed by atoms with Crippen LogP contribution in [0.15, 0.2) is 35.7 Å². The number of nitrogens with zero attached hydrogens (tertiary/aromatic N) is 1. The van der Waals surface area contributed by atoms with Crippen LogP contribution >= 0.6 is 11.3 Å². The summed E-state index contributed by atoms with van der Waals surface area (Å²) in [6.07, 6.45) is 0. The quantitative estimate of drug-likeness (QED) is 0.876. The minimum absolute atomic E-state index is 0.0410. The lowest BCUT2D eigenvalue weighted by molar-refractivity contribution is -0.129. The smallest absolute Gasteiger partial charge is 0.242 e. The Hall–Kier alpha value is -2.05. The molecule has 0 aliphatic carbocycles. The molecule has 0 spiro atoms. The molecule has 1 aromatic carbocycles. The highest BCUT2D eigenvalue weighted by atomic mass is 32.1. The summed E-state index contributed by atoms with van der Waals surface area (Å²) in [5, 5.41) is 4.77. The van der Waals surface area contributed by atoms with Crippen LogP contribution in [0.4, 0.5) is 4.39 Å². The molecule has 1 fully saturated rings. The Balaban J connectivity index is 1.85. The molecule has 1 amide bonds. The SMILES string of the molecule is CC(=O)c1cc(CN2CCNC(=O)[C@H]2c2cccc(F)c2)cs1. The van der Waals surface area contributed by atoms with Crippen LogP contribution in [0.5, 0.6) is 0 Å². The molecule has 6 heteroatoms. The highest BCUT2D eigenvalue weighted by Gasteiger charge is 2.31. The van der Waals surface area contributed by atoms with Crippen molar-refractivity contribution in [2.24, 2.45) is 0 Å². The molecule has 3 rings (SSSR count). The number of carbonyl (C=O) groups is 2. The number of halogens is 1. The van der Waals surface area contributed by atoms with Crippen molar-refractivity contribution in [1.82, 2.24) is 10.2 Å². The molecular formula is C17H17FN2O2S. The van der Waals surface area contributed by atoms with Gasteiger partial charge in [0.05, 0.1) is 4.88 Å². The van der Waals surface area contributed by atoms with Crippen LogP contribution in [0.1, 0.15) is 33.8 Å². The Morgan fingerprint density at radius 2 is 2.26 bits per heavy atom. The molecule has 0 unspecified atom stereocenters. The van der Waals surface area contributed by atoms with Gasteiger partial charge in [-0.1, -0.05) is 12.1 Å². The van der Waals surface area contributed by atoms with E-state index in [0.29, 0.717) is 30.1 Å². The summed E-state index contributed by atoms with van der Waals surface area (Å²) in [7, 11) is 0. The van der Waals surface area contributed by atoms with Crippen molar-refractivity contribution in [2.45, 2.75) is 19.5 Å². The fraction of sp³-hybridized carbons (Fsp3) is 0.294.